The molecule has 168 valence electrons. The van der Waals surface area contributed by atoms with E-state index < -0.39 is 17.4 Å². The minimum Gasteiger partial charge on any atom is -0.489 e. The number of carbonyl (C=O) groups is 1. The summed E-state index contributed by atoms with van der Waals surface area (Å²) in [6, 6.07) is 6.95. The summed E-state index contributed by atoms with van der Waals surface area (Å²) in [5.41, 5.74) is -1.00. The first-order valence-electron chi connectivity index (χ1n) is 10.3. The van der Waals surface area contributed by atoms with E-state index in [0.717, 1.165) is 5.56 Å². The molecule has 2 aromatic rings. The Labute approximate surface area is 180 Å². The van der Waals surface area contributed by atoms with E-state index in [0.29, 0.717) is 43.1 Å². The lowest BCUT2D eigenvalue weighted by atomic mass is 10.2. The first-order valence-corrected chi connectivity index (χ1v) is 10.3. The lowest BCUT2D eigenvalue weighted by Crippen LogP contribution is -2.34. The molecule has 0 saturated heterocycles. The van der Waals surface area contributed by atoms with Gasteiger partial charge < -0.3 is 14.8 Å². The standard InChI is InChI=1S/C22H28F2N4O3/c1-5-28-19(22(24)10-11-22)26-18(27-28)16-6-8-17(9-7-16)30-14-15(12-23)13-25-20(29)31-21(2,3)4/h6-9,12H,5,10-11,13-14H2,1-4H3,(H,25,29)/b15-12+. The number of benzene rings is 1. The molecule has 0 aliphatic heterocycles. The number of nitrogens with one attached hydrogen (secondary N) is 1. The van der Waals surface area contributed by atoms with Crippen molar-refractivity contribution in [2.45, 2.75) is 58.4 Å². The second-order valence-electron chi connectivity index (χ2n) is 8.48. The van der Waals surface area contributed by atoms with Crippen LogP contribution in [0.1, 0.15) is 46.4 Å². The van der Waals surface area contributed by atoms with Gasteiger partial charge in [0.2, 0.25) is 0 Å². The normalized spacial score (nSPS) is 15.5. The number of hydrogen-bond donors (Lipinski definition) is 1. The Morgan fingerprint density at radius 1 is 1.29 bits per heavy atom. The second-order valence-corrected chi connectivity index (χ2v) is 8.48. The molecule has 1 fully saturated rings. The quantitative estimate of drug-likeness (QED) is 0.653. The van der Waals surface area contributed by atoms with Crippen LogP contribution >= 0.6 is 0 Å². The van der Waals surface area contributed by atoms with E-state index in [4.69, 9.17) is 9.47 Å². The fourth-order valence-electron chi connectivity index (χ4n) is 2.85. The first-order chi connectivity index (χ1) is 14.6. The average molecular weight is 434 g/mol. The third kappa shape index (κ3) is 6.02. The summed E-state index contributed by atoms with van der Waals surface area (Å²) in [5, 5.41) is 6.89. The second kappa shape index (κ2) is 9.03. The SMILES string of the molecule is CCn1nc(-c2ccc(OC/C(=C/F)CNC(=O)OC(C)(C)C)cc2)nc1C1(F)CC1. The van der Waals surface area contributed by atoms with Crippen LogP contribution in [0.25, 0.3) is 11.4 Å². The Morgan fingerprint density at radius 3 is 2.52 bits per heavy atom. The van der Waals surface area contributed by atoms with Gasteiger partial charge in [-0.1, -0.05) is 0 Å². The maximum Gasteiger partial charge on any atom is 0.407 e. The highest BCUT2D eigenvalue weighted by molar-refractivity contribution is 5.68. The van der Waals surface area contributed by atoms with Crippen LogP contribution in [0.2, 0.25) is 0 Å². The topological polar surface area (TPSA) is 78.3 Å². The highest BCUT2D eigenvalue weighted by Crippen LogP contribution is 2.49. The minimum atomic E-state index is -1.35. The number of alkyl halides is 1. The summed E-state index contributed by atoms with van der Waals surface area (Å²) in [6.07, 6.45) is 0.728. The number of amides is 1. The van der Waals surface area contributed by atoms with Crippen molar-refractivity contribution in [1.29, 1.82) is 0 Å². The summed E-state index contributed by atoms with van der Waals surface area (Å²) < 4.78 is 39.9. The zero-order valence-corrected chi connectivity index (χ0v) is 18.2. The van der Waals surface area contributed by atoms with Crippen LogP contribution in [-0.4, -0.2) is 39.6 Å². The van der Waals surface area contributed by atoms with Crippen molar-refractivity contribution in [3.05, 3.63) is 42.0 Å². The van der Waals surface area contributed by atoms with Gasteiger partial charge in [-0.25, -0.2) is 23.2 Å². The Kier molecular flexibility index (Phi) is 6.62. The van der Waals surface area contributed by atoms with Gasteiger partial charge in [-0.3, -0.25) is 0 Å². The Bertz CT molecular complexity index is 945. The molecule has 1 N–H and O–H groups in total. The highest BCUT2D eigenvalue weighted by Gasteiger charge is 2.49. The molecule has 1 heterocycles. The average Bonchev–Trinajstić information content (AvgIpc) is 3.31. The lowest BCUT2D eigenvalue weighted by molar-refractivity contribution is 0.0531. The molecule has 0 atom stereocenters. The van der Waals surface area contributed by atoms with E-state index in [1.165, 1.54) is 0 Å². The summed E-state index contributed by atoms with van der Waals surface area (Å²) in [7, 11) is 0. The Morgan fingerprint density at radius 2 is 1.97 bits per heavy atom. The number of aromatic nitrogens is 3. The van der Waals surface area contributed by atoms with Gasteiger partial charge >= 0.3 is 6.09 Å². The van der Waals surface area contributed by atoms with E-state index in [2.05, 4.69) is 15.4 Å². The fourth-order valence-corrected chi connectivity index (χ4v) is 2.85. The van der Waals surface area contributed by atoms with E-state index in [-0.39, 0.29) is 18.7 Å². The molecule has 1 aromatic heterocycles. The molecule has 9 heteroatoms. The Balaban J connectivity index is 1.56. The molecule has 0 spiro atoms. The molecule has 0 radical (unpaired) electrons. The van der Waals surface area contributed by atoms with Crippen molar-refractivity contribution in [2.75, 3.05) is 13.2 Å². The number of ether oxygens (including phenoxy) is 2. The largest absolute Gasteiger partial charge is 0.489 e. The fraction of sp³-hybridized carbons (Fsp3) is 0.500. The van der Waals surface area contributed by atoms with Gasteiger partial charge in [0.15, 0.2) is 17.3 Å². The van der Waals surface area contributed by atoms with Crippen LogP contribution in [-0.2, 0) is 17.0 Å². The summed E-state index contributed by atoms with van der Waals surface area (Å²) in [4.78, 5) is 16.1. The smallest absolute Gasteiger partial charge is 0.407 e. The van der Waals surface area contributed by atoms with Gasteiger partial charge in [0.25, 0.3) is 0 Å². The molecule has 1 saturated carbocycles. The lowest BCUT2D eigenvalue weighted by Gasteiger charge is -2.20. The maximum absolute atomic E-state index is 14.5. The number of carbonyl (C=O) groups excluding carboxylic acids is 1. The van der Waals surface area contributed by atoms with Gasteiger partial charge in [0.05, 0.1) is 6.33 Å². The molecular weight excluding hydrogens is 406 g/mol. The Hall–Kier alpha value is -2.97. The zero-order valence-electron chi connectivity index (χ0n) is 18.2. The monoisotopic (exact) mass is 434 g/mol. The highest BCUT2D eigenvalue weighted by atomic mass is 19.1. The van der Waals surface area contributed by atoms with Crippen molar-refractivity contribution in [1.82, 2.24) is 20.1 Å². The number of nitrogens with zero attached hydrogens (tertiary/aromatic N) is 3. The van der Waals surface area contributed by atoms with Crippen LogP contribution in [0.15, 0.2) is 36.2 Å². The van der Waals surface area contributed by atoms with Crippen molar-refractivity contribution >= 4 is 6.09 Å². The molecule has 3 rings (SSSR count). The van der Waals surface area contributed by atoms with Crippen molar-refractivity contribution in [3.63, 3.8) is 0 Å². The van der Waals surface area contributed by atoms with Crippen molar-refractivity contribution in [3.8, 4) is 17.1 Å². The maximum atomic E-state index is 14.5. The molecule has 0 unspecified atom stereocenters. The number of alkyl carbamates (subject to hydrolysis) is 1. The first kappa shape index (κ1) is 22.7. The van der Waals surface area contributed by atoms with Crippen LogP contribution < -0.4 is 10.1 Å². The molecule has 1 aliphatic carbocycles. The molecule has 1 aliphatic rings. The molecule has 0 bridgehead atoms. The predicted octanol–water partition coefficient (Wildman–Crippen LogP) is 4.68. The molecule has 31 heavy (non-hydrogen) atoms. The van der Waals surface area contributed by atoms with Crippen LogP contribution in [0.4, 0.5) is 13.6 Å². The number of aryl methyl sites for hydroxylation is 1. The van der Waals surface area contributed by atoms with E-state index in [1.54, 1.807) is 49.7 Å². The molecule has 1 amide bonds. The van der Waals surface area contributed by atoms with Crippen molar-refractivity contribution in [2.24, 2.45) is 0 Å². The number of rotatable bonds is 8. The minimum absolute atomic E-state index is 0.0321. The predicted molar refractivity (Wildman–Crippen MR) is 112 cm³/mol. The van der Waals surface area contributed by atoms with Crippen molar-refractivity contribution < 1.29 is 23.0 Å². The van der Waals surface area contributed by atoms with Crippen LogP contribution in [0.5, 0.6) is 5.75 Å². The zero-order chi connectivity index (χ0) is 22.6. The van der Waals surface area contributed by atoms with Gasteiger partial charge in [0.1, 0.15) is 18.0 Å². The van der Waals surface area contributed by atoms with E-state index in [9.17, 15) is 13.6 Å². The summed E-state index contributed by atoms with van der Waals surface area (Å²) in [6.45, 7) is 7.61. The van der Waals surface area contributed by atoms with E-state index >= 15 is 0 Å². The van der Waals surface area contributed by atoms with Crippen LogP contribution in [0, 0.1) is 0 Å². The third-order valence-corrected chi connectivity index (χ3v) is 4.61. The molecule has 7 nitrogen and oxygen atoms in total. The van der Waals surface area contributed by atoms with Gasteiger partial charge in [-0.2, -0.15) is 5.10 Å². The van der Waals surface area contributed by atoms with Gasteiger partial charge in [0, 0.05) is 24.2 Å². The number of halogens is 2. The van der Waals surface area contributed by atoms with Gasteiger partial charge in [-0.15, -0.1) is 0 Å². The third-order valence-electron chi connectivity index (χ3n) is 4.61. The molecule has 1 aromatic carbocycles. The molecular formula is C22H28F2N4O3. The summed E-state index contributed by atoms with van der Waals surface area (Å²) >= 11 is 0. The van der Waals surface area contributed by atoms with Crippen LogP contribution in [0.3, 0.4) is 0 Å². The summed E-state index contributed by atoms with van der Waals surface area (Å²) in [5.74, 6) is 1.35. The number of hydrogen-bond acceptors (Lipinski definition) is 5. The van der Waals surface area contributed by atoms with Gasteiger partial charge in [-0.05, 0) is 64.8 Å². The van der Waals surface area contributed by atoms with E-state index in [1.807, 2.05) is 6.92 Å².